The number of benzene rings is 2. The van der Waals surface area contributed by atoms with Gasteiger partial charge in [0.15, 0.2) is 0 Å². The second-order valence-electron chi connectivity index (χ2n) is 5.03. The van der Waals surface area contributed by atoms with Crippen molar-refractivity contribution in [3.05, 3.63) is 47.5 Å². The Morgan fingerprint density at radius 3 is 2.50 bits per heavy atom. The van der Waals surface area contributed by atoms with Gasteiger partial charge in [-0.1, -0.05) is 43.3 Å². The van der Waals surface area contributed by atoms with Crippen molar-refractivity contribution < 1.29 is 9.53 Å². The molecule has 2 aromatic rings. The molecule has 1 unspecified atom stereocenters. The highest BCUT2D eigenvalue weighted by molar-refractivity contribution is 6.59. The average molecular weight is 267 g/mol. The van der Waals surface area contributed by atoms with Gasteiger partial charge in [-0.15, -0.1) is 0 Å². The van der Waals surface area contributed by atoms with Crippen LogP contribution in [0.2, 0.25) is 0 Å². The fourth-order valence-corrected chi connectivity index (χ4v) is 2.73. The molecule has 1 aliphatic carbocycles. The van der Waals surface area contributed by atoms with E-state index >= 15 is 0 Å². The quantitative estimate of drug-likeness (QED) is 0.853. The van der Waals surface area contributed by atoms with Crippen LogP contribution in [-0.2, 0) is 4.74 Å². The van der Waals surface area contributed by atoms with Crippen LogP contribution in [0.3, 0.4) is 0 Å². The van der Waals surface area contributed by atoms with Crippen LogP contribution >= 0.6 is 0 Å². The van der Waals surface area contributed by atoms with Crippen LogP contribution in [0.15, 0.2) is 41.4 Å². The molecule has 0 radical (unpaired) electrons. The van der Waals surface area contributed by atoms with Crippen molar-refractivity contribution in [2.45, 2.75) is 19.4 Å². The van der Waals surface area contributed by atoms with Crippen LogP contribution in [-0.4, -0.2) is 31.3 Å². The van der Waals surface area contributed by atoms with Gasteiger partial charge < -0.3 is 4.74 Å². The van der Waals surface area contributed by atoms with E-state index in [1.54, 1.807) is 7.11 Å². The second-order valence-corrected chi connectivity index (χ2v) is 5.03. The molecule has 1 aliphatic rings. The Bertz CT molecular complexity index is 698. The Hall–Kier alpha value is -2.00. The maximum Gasteiger partial charge on any atom is 0.212 e. The molecular weight excluding hydrogens is 250 g/mol. The average Bonchev–Trinajstić information content (AvgIpc) is 2.75. The first-order valence-corrected chi connectivity index (χ1v) is 6.89. The predicted molar refractivity (Wildman–Crippen MR) is 80.8 cm³/mol. The van der Waals surface area contributed by atoms with Crippen LogP contribution in [0.5, 0.6) is 0 Å². The van der Waals surface area contributed by atoms with Crippen molar-refractivity contribution in [3.63, 3.8) is 0 Å². The largest absolute Gasteiger partial charge is 0.382 e. The van der Waals surface area contributed by atoms with Gasteiger partial charge >= 0.3 is 0 Å². The lowest BCUT2D eigenvalue weighted by molar-refractivity contribution is 0.106. The molecule has 20 heavy (non-hydrogen) atoms. The molecular formula is C17H17NO2. The molecule has 3 nitrogen and oxygen atoms in total. The van der Waals surface area contributed by atoms with Gasteiger partial charge in [0.25, 0.3) is 0 Å². The molecule has 0 bridgehead atoms. The van der Waals surface area contributed by atoms with E-state index in [2.05, 4.69) is 11.9 Å². The summed E-state index contributed by atoms with van der Waals surface area (Å²) in [7, 11) is 1.66. The van der Waals surface area contributed by atoms with Gasteiger partial charge in [-0.25, -0.2) is 0 Å². The second kappa shape index (κ2) is 5.17. The molecule has 0 aromatic heterocycles. The Kier molecular flexibility index (Phi) is 3.36. The lowest BCUT2D eigenvalue weighted by Crippen LogP contribution is -2.17. The van der Waals surface area contributed by atoms with E-state index in [4.69, 9.17) is 4.74 Å². The SMILES string of the molecule is CCC(COC)N=C1C(=O)c2cccc3cccc1c23. The maximum atomic E-state index is 12.6. The van der Waals surface area contributed by atoms with Gasteiger partial charge in [-0.05, 0) is 11.8 Å². The molecule has 0 heterocycles. The third kappa shape index (κ3) is 1.95. The van der Waals surface area contributed by atoms with Crippen LogP contribution in [0.4, 0.5) is 0 Å². The normalized spacial score (nSPS) is 17.1. The minimum absolute atomic E-state index is 0.0310. The number of ketones is 1. The summed E-state index contributed by atoms with van der Waals surface area (Å²) in [5.41, 5.74) is 2.31. The third-order valence-corrected chi connectivity index (χ3v) is 3.76. The number of hydrogen-bond acceptors (Lipinski definition) is 3. The van der Waals surface area contributed by atoms with Crippen molar-refractivity contribution in [3.8, 4) is 0 Å². The summed E-state index contributed by atoms with van der Waals surface area (Å²) >= 11 is 0. The van der Waals surface area contributed by atoms with E-state index in [9.17, 15) is 4.79 Å². The first-order chi connectivity index (χ1) is 9.76. The molecule has 3 rings (SSSR count). The van der Waals surface area contributed by atoms with Crippen molar-refractivity contribution >= 4 is 22.3 Å². The number of ether oxygens (including phenoxy) is 1. The van der Waals surface area contributed by atoms with Crippen LogP contribution in [0, 0.1) is 0 Å². The van der Waals surface area contributed by atoms with Crippen LogP contribution in [0.25, 0.3) is 10.8 Å². The third-order valence-electron chi connectivity index (χ3n) is 3.76. The molecule has 0 aliphatic heterocycles. The molecule has 1 atom stereocenters. The zero-order valence-corrected chi connectivity index (χ0v) is 11.7. The van der Waals surface area contributed by atoms with Gasteiger partial charge in [-0.3, -0.25) is 9.79 Å². The molecule has 2 aromatic carbocycles. The first-order valence-electron chi connectivity index (χ1n) is 6.89. The molecule has 0 saturated heterocycles. The van der Waals surface area contributed by atoms with E-state index in [1.165, 1.54) is 0 Å². The van der Waals surface area contributed by atoms with Gasteiger partial charge in [-0.2, -0.15) is 0 Å². The van der Waals surface area contributed by atoms with E-state index in [1.807, 2.05) is 36.4 Å². The summed E-state index contributed by atoms with van der Waals surface area (Å²) in [5, 5.41) is 2.13. The smallest absolute Gasteiger partial charge is 0.212 e. The van der Waals surface area contributed by atoms with Crippen molar-refractivity contribution in [2.75, 3.05) is 13.7 Å². The summed E-state index contributed by atoms with van der Waals surface area (Å²) in [4.78, 5) is 17.2. The van der Waals surface area contributed by atoms with Gasteiger partial charge in [0, 0.05) is 23.6 Å². The number of Topliss-reactive ketones (excluding diaryl/α,β-unsaturated/α-hetero) is 1. The fourth-order valence-electron chi connectivity index (χ4n) is 2.73. The van der Waals surface area contributed by atoms with Gasteiger partial charge in [0.05, 0.1) is 12.6 Å². The lowest BCUT2D eigenvalue weighted by atomic mass is 10.1. The molecule has 0 amide bonds. The van der Waals surface area contributed by atoms with E-state index in [0.717, 1.165) is 28.3 Å². The Morgan fingerprint density at radius 1 is 1.15 bits per heavy atom. The van der Waals surface area contributed by atoms with Crippen molar-refractivity contribution in [1.29, 1.82) is 0 Å². The Morgan fingerprint density at radius 2 is 1.85 bits per heavy atom. The summed E-state index contributed by atoms with van der Waals surface area (Å²) in [6, 6.07) is 11.9. The molecule has 0 saturated carbocycles. The van der Waals surface area contributed by atoms with Crippen molar-refractivity contribution in [1.82, 2.24) is 0 Å². The van der Waals surface area contributed by atoms with Gasteiger partial charge in [0.2, 0.25) is 5.78 Å². The highest BCUT2D eigenvalue weighted by Gasteiger charge is 2.28. The number of carbonyl (C=O) groups is 1. The Labute approximate surface area is 118 Å². The van der Waals surface area contributed by atoms with Crippen molar-refractivity contribution in [2.24, 2.45) is 4.99 Å². The monoisotopic (exact) mass is 267 g/mol. The minimum Gasteiger partial charge on any atom is -0.382 e. The predicted octanol–water partition coefficient (Wildman–Crippen LogP) is 3.25. The summed E-state index contributed by atoms with van der Waals surface area (Å²) in [6.45, 7) is 2.60. The fraction of sp³-hybridized carbons (Fsp3) is 0.294. The van der Waals surface area contributed by atoms with Gasteiger partial charge in [0.1, 0.15) is 5.71 Å². The van der Waals surface area contributed by atoms with E-state index in [-0.39, 0.29) is 11.8 Å². The zero-order valence-electron chi connectivity index (χ0n) is 11.7. The topological polar surface area (TPSA) is 38.7 Å². The number of methoxy groups -OCH3 is 1. The summed E-state index contributed by atoms with van der Waals surface area (Å²) in [6.07, 6.45) is 0.858. The molecule has 0 fully saturated rings. The Balaban J connectivity index is 2.15. The number of aliphatic imine (C=N–C) groups is 1. The molecule has 102 valence electrons. The highest BCUT2D eigenvalue weighted by atomic mass is 16.5. The first kappa shape index (κ1) is 13.0. The summed E-state index contributed by atoms with van der Waals surface area (Å²) in [5.74, 6) is 0.0337. The van der Waals surface area contributed by atoms with E-state index in [0.29, 0.717) is 12.3 Å². The molecule has 0 N–H and O–H groups in total. The van der Waals surface area contributed by atoms with Crippen LogP contribution < -0.4 is 0 Å². The van der Waals surface area contributed by atoms with E-state index < -0.39 is 0 Å². The number of rotatable bonds is 4. The summed E-state index contributed by atoms with van der Waals surface area (Å²) < 4.78 is 5.17. The number of carbonyl (C=O) groups excluding carboxylic acids is 1. The maximum absolute atomic E-state index is 12.6. The molecule has 3 heteroatoms. The molecule has 0 spiro atoms. The number of hydrogen-bond donors (Lipinski definition) is 0. The van der Waals surface area contributed by atoms with Crippen LogP contribution in [0.1, 0.15) is 29.3 Å². The minimum atomic E-state index is 0.0310. The number of nitrogens with zero attached hydrogens (tertiary/aromatic N) is 1. The standard InChI is InChI=1S/C17H17NO2/c1-3-12(10-20-2)18-16-13-8-4-6-11-7-5-9-14(15(11)13)17(16)19/h4-9,12H,3,10H2,1-2H3. The highest BCUT2D eigenvalue weighted by Crippen LogP contribution is 2.31. The lowest BCUT2D eigenvalue weighted by Gasteiger charge is -2.09. The zero-order chi connectivity index (χ0) is 14.1.